The van der Waals surface area contributed by atoms with Crippen molar-refractivity contribution in [1.82, 2.24) is 0 Å². The highest BCUT2D eigenvalue weighted by Crippen LogP contribution is 1.89. The second-order valence-corrected chi connectivity index (χ2v) is 2.60. The van der Waals surface area contributed by atoms with E-state index in [9.17, 15) is 0 Å². The van der Waals surface area contributed by atoms with Crippen LogP contribution in [0.25, 0.3) is 0 Å². The topological polar surface area (TPSA) is 18.5 Å². The lowest BCUT2D eigenvalue weighted by molar-refractivity contribution is 0.211. The van der Waals surface area contributed by atoms with Crippen LogP contribution in [-0.2, 0) is 9.47 Å². The molecular formula is C6H14O2Si. The summed E-state index contributed by atoms with van der Waals surface area (Å²) in [5, 5.41) is 0.972. The van der Waals surface area contributed by atoms with Crippen LogP contribution in [-0.4, -0.2) is 23.5 Å². The first-order valence-electron chi connectivity index (χ1n) is 3.22. The fourth-order valence-electron chi connectivity index (χ4n) is 0.462. The van der Waals surface area contributed by atoms with E-state index in [-0.39, 0.29) is 0 Å². The lowest BCUT2D eigenvalue weighted by atomic mass is 10.8. The zero-order valence-corrected chi connectivity index (χ0v) is 8.31. The molecule has 9 heavy (non-hydrogen) atoms. The summed E-state index contributed by atoms with van der Waals surface area (Å²) in [5.74, 6) is 0. The maximum Gasteiger partial charge on any atom is 0.114 e. The molecule has 0 bridgehead atoms. The molecule has 0 aromatic heterocycles. The van der Waals surface area contributed by atoms with Crippen LogP contribution in [0, 0.1) is 0 Å². The third-order valence-corrected chi connectivity index (χ3v) is 1.31. The molecule has 0 amide bonds. The number of hydrogen-bond acceptors (Lipinski definition) is 2. The molecule has 0 spiro atoms. The lowest BCUT2D eigenvalue weighted by Crippen LogP contribution is -1.92. The molecule has 3 heteroatoms. The van der Waals surface area contributed by atoms with Crippen molar-refractivity contribution >= 4 is 10.2 Å². The molecule has 0 aromatic carbocycles. The summed E-state index contributed by atoms with van der Waals surface area (Å²) in [6.45, 7) is 5.39. The summed E-state index contributed by atoms with van der Waals surface area (Å²) in [6, 6.07) is 0. The molecule has 54 valence electrons. The number of ether oxygens (including phenoxy) is 2. The maximum atomic E-state index is 5.14. The third-order valence-electron chi connectivity index (χ3n) is 0.788. The van der Waals surface area contributed by atoms with E-state index >= 15 is 0 Å². The van der Waals surface area contributed by atoms with Gasteiger partial charge in [0.15, 0.2) is 0 Å². The van der Waals surface area contributed by atoms with Crippen LogP contribution in [0.4, 0.5) is 0 Å². The molecule has 0 fully saturated rings. The minimum absolute atomic E-state index is 0.721. The Hall–Kier alpha value is -0.443. The first-order valence-corrected chi connectivity index (χ1v) is 4.22. The molecule has 0 heterocycles. The Morgan fingerprint density at radius 3 is 2.56 bits per heavy atom. The van der Waals surface area contributed by atoms with E-state index < -0.39 is 0 Å². The summed E-state index contributed by atoms with van der Waals surface area (Å²) < 4.78 is 10.1. The first-order chi connectivity index (χ1) is 4.31. The zero-order valence-electron chi connectivity index (χ0n) is 6.31. The average molecular weight is 146 g/mol. The van der Waals surface area contributed by atoms with Crippen molar-refractivity contribution in [2.45, 2.75) is 13.8 Å². The van der Waals surface area contributed by atoms with Crippen LogP contribution in [0.1, 0.15) is 13.8 Å². The summed E-state index contributed by atoms with van der Waals surface area (Å²) in [4.78, 5) is 0. The highest BCUT2D eigenvalue weighted by atomic mass is 28.1. The fraction of sp³-hybridized carbons (Fsp3) is 0.667. The maximum absolute atomic E-state index is 5.14. The monoisotopic (exact) mass is 146 g/mol. The zero-order chi connectivity index (χ0) is 7.11. The minimum Gasteiger partial charge on any atom is -0.501 e. The fourth-order valence-corrected chi connectivity index (χ4v) is 0.918. The molecule has 0 aromatic rings. The van der Waals surface area contributed by atoms with Gasteiger partial charge in [0, 0.05) is 0 Å². The largest absolute Gasteiger partial charge is 0.501 e. The third kappa shape index (κ3) is 5.43. The minimum atomic E-state index is 0.721. The lowest BCUT2D eigenvalue weighted by Gasteiger charge is -2.01. The second kappa shape index (κ2) is 5.69. The molecule has 0 atom stereocenters. The van der Waals surface area contributed by atoms with Crippen molar-refractivity contribution < 1.29 is 9.47 Å². The van der Waals surface area contributed by atoms with E-state index in [0.717, 1.165) is 28.8 Å². The van der Waals surface area contributed by atoms with E-state index in [2.05, 4.69) is 0 Å². The molecule has 0 aliphatic heterocycles. The van der Waals surface area contributed by atoms with Crippen molar-refractivity contribution in [3.8, 4) is 0 Å². The summed E-state index contributed by atoms with van der Waals surface area (Å²) >= 11 is 0. The Bertz CT molecular complexity index is 91.1. The van der Waals surface area contributed by atoms with Gasteiger partial charge in [0.2, 0.25) is 0 Å². The van der Waals surface area contributed by atoms with Gasteiger partial charge in [-0.2, -0.15) is 0 Å². The molecule has 0 N–H and O–H groups in total. The standard InChI is InChI=1S/C6H14O2Si/c1-3-7-5-6(9)8-4-2/h5H,3-4H2,1-2,9H3. The molecule has 0 aliphatic rings. The van der Waals surface area contributed by atoms with Gasteiger partial charge in [0.1, 0.15) is 6.26 Å². The highest BCUT2D eigenvalue weighted by molar-refractivity contribution is 6.19. The van der Waals surface area contributed by atoms with Crippen molar-refractivity contribution in [2.75, 3.05) is 13.2 Å². The van der Waals surface area contributed by atoms with Crippen molar-refractivity contribution in [3.63, 3.8) is 0 Å². The van der Waals surface area contributed by atoms with Gasteiger partial charge < -0.3 is 9.47 Å². The van der Waals surface area contributed by atoms with E-state index in [0.29, 0.717) is 0 Å². The Kier molecular flexibility index (Phi) is 5.41. The van der Waals surface area contributed by atoms with Gasteiger partial charge in [0.05, 0.1) is 28.8 Å². The summed E-state index contributed by atoms with van der Waals surface area (Å²) in [6.07, 6.45) is 1.69. The van der Waals surface area contributed by atoms with E-state index in [1.165, 1.54) is 0 Å². The molecule has 0 saturated carbocycles. The van der Waals surface area contributed by atoms with Crippen LogP contribution in [0.2, 0.25) is 0 Å². The van der Waals surface area contributed by atoms with E-state index in [1.54, 1.807) is 6.26 Å². The summed E-state index contributed by atoms with van der Waals surface area (Å²) in [5.41, 5.74) is 0. The molecular weight excluding hydrogens is 132 g/mol. The van der Waals surface area contributed by atoms with Crippen LogP contribution >= 0.6 is 0 Å². The van der Waals surface area contributed by atoms with Gasteiger partial charge in [0.25, 0.3) is 0 Å². The van der Waals surface area contributed by atoms with Gasteiger partial charge in [-0.05, 0) is 13.8 Å². The Morgan fingerprint density at radius 1 is 1.44 bits per heavy atom. The molecule has 2 nitrogen and oxygen atoms in total. The van der Waals surface area contributed by atoms with Crippen molar-refractivity contribution in [1.29, 1.82) is 0 Å². The first kappa shape index (κ1) is 8.56. The van der Waals surface area contributed by atoms with Crippen LogP contribution in [0.5, 0.6) is 0 Å². The number of rotatable bonds is 4. The van der Waals surface area contributed by atoms with Crippen molar-refractivity contribution in [2.24, 2.45) is 0 Å². The van der Waals surface area contributed by atoms with Crippen LogP contribution in [0.3, 0.4) is 0 Å². The van der Waals surface area contributed by atoms with Crippen molar-refractivity contribution in [3.05, 3.63) is 11.6 Å². The Labute approximate surface area is 59.3 Å². The molecule has 0 saturated heterocycles. The molecule has 0 rings (SSSR count). The van der Waals surface area contributed by atoms with E-state index in [4.69, 9.17) is 9.47 Å². The molecule has 0 unspecified atom stereocenters. The molecule has 0 radical (unpaired) electrons. The van der Waals surface area contributed by atoms with Gasteiger partial charge in [-0.25, -0.2) is 0 Å². The van der Waals surface area contributed by atoms with Crippen LogP contribution < -0.4 is 0 Å². The molecule has 0 aliphatic carbocycles. The van der Waals surface area contributed by atoms with Gasteiger partial charge in [-0.1, -0.05) is 0 Å². The number of hydrogen-bond donors (Lipinski definition) is 0. The summed E-state index contributed by atoms with van der Waals surface area (Å²) in [7, 11) is 0.927. The van der Waals surface area contributed by atoms with Gasteiger partial charge in [-0.15, -0.1) is 0 Å². The predicted octanol–water partition coefficient (Wildman–Crippen LogP) is 0.224. The SMILES string of the molecule is CCOC=C([SiH3])OCC. The van der Waals surface area contributed by atoms with Gasteiger partial charge >= 0.3 is 0 Å². The normalized spacial score (nSPS) is 11.6. The van der Waals surface area contributed by atoms with E-state index in [1.807, 2.05) is 13.8 Å². The van der Waals surface area contributed by atoms with Gasteiger partial charge in [-0.3, -0.25) is 0 Å². The second-order valence-electron chi connectivity index (χ2n) is 1.62. The van der Waals surface area contributed by atoms with Crippen LogP contribution in [0.15, 0.2) is 11.6 Å². The predicted molar refractivity (Wildman–Crippen MR) is 41.3 cm³/mol. The average Bonchev–Trinajstić information content (AvgIpc) is 1.85. The highest BCUT2D eigenvalue weighted by Gasteiger charge is 1.83. The Morgan fingerprint density at radius 2 is 2.11 bits per heavy atom. The smallest absolute Gasteiger partial charge is 0.114 e. The quantitative estimate of drug-likeness (QED) is 0.417. The Balaban J connectivity index is 3.30.